The van der Waals surface area contributed by atoms with Crippen molar-refractivity contribution in [2.45, 2.75) is 16.6 Å². The fourth-order valence-corrected chi connectivity index (χ4v) is 4.66. The molecule has 0 N–H and O–H groups in total. The van der Waals surface area contributed by atoms with Gasteiger partial charge in [0.25, 0.3) is 10.0 Å². The molecular weight excluding hydrogens is 476 g/mol. The molecule has 0 saturated carbocycles. The Morgan fingerprint density at radius 2 is 1.61 bits per heavy atom. The lowest BCUT2D eigenvalue weighted by Gasteiger charge is -2.13. The van der Waals surface area contributed by atoms with Crippen molar-refractivity contribution in [2.24, 2.45) is 0 Å². The van der Waals surface area contributed by atoms with Gasteiger partial charge in [-0.3, -0.25) is 0 Å². The van der Waals surface area contributed by atoms with Gasteiger partial charge in [0, 0.05) is 32.7 Å². The smallest absolute Gasteiger partial charge is 0.338 e. The third-order valence-corrected chi connectivity index (χ3v) is 8.14. The largest absolute Gasteiger partial charge is 0.454 e. The second-order valence-corrected chi connectivity index (χ2v) is 11.1. The van der Waals surface area contributed by atoms with Crippen LogP contribution in [0.2, 0.25) is 0 Å². The highest BCUT2D eigenvalue weighted by molar-refractivity contribution is 9.10. The number of esters is 1. The quantitative estimate of drug-likeness (QED) is 0.539. The van der Waals surface area contributed by atoms with Crippen LogP contribution in [0.4, 0.5) is 0 Å². The van der Waals surface area contributed by atoms with E-state index in [2.05, 4.69) is 15.9 Å². The Labute approximate surface area is 172 Å². The van der Waals surface area contributed by atoms with Crippen molar-refractivity contribution in [3.63, 3.8) is 0 Å². The zero-order valence-electron chi connectivity index (χ0n) is 15.5. The zero-order valence-corrected chi connectivity index (χ0v) is 18.8. The van der Waals surface area contributed by atoms with Gasteiger partial charge >= 0.3 is 5.97 Å². The molecule has 0 aliphatic heterocycles. The molecule has 9 nitrogen and oxygen atoms in total. The van der Waals surface area contributed by atoms with Crippen molar-refractivity contribution in [3.8, 4) is 0 Å². The first-order chi connectivity index (χ1) is 12.9. The van der Waals surface area contributed by atoms with Gasteiger partial charge in [-0.15, -0.1) is 0 Å². The third kappa shape index (κ3) is 4.63. The Morgan fingerprint density at radius 1 is 1.00 bits per heavy atom. The summed E-state index contributed by atoms with van der Waals surface area (Å²) in [6, 6.07) is 6.69. The highest BCUT2D eigenvalue weighted by Crippen LogP contribution is 2.26. The van der Waals surface area contributed by atoms with Crippen molar-refractivity contribution in [1.29, 1.82) is 0 Å². The van der Waals surface area contributed by atoms with E-state index in [-0.39, 0.29) is 27.9 Å². The number of carbonyl (C=O) groups is 1. The van der Waals surface area contributed by atoms with Crippen molar-refractivity contribution in [2.75, 3.05) is 28.2 Å². The molecule has 1 aromatic heterocycles. The average Bonchev–Trinajstić information content (AvgIpc) is 3.09. The predicted molar refractivity (Wildman–Crippen MR) is 104 cm³/mol. The van der Waals surface area contributed by atoms with Gasteiger partial charge in [-0.25, -0.2) is 30.2 Å². The molecule has 2 rings (SSSR count). The van der Waals surface area contributed by atoms with E-state index in [0.29, 0.717) is 4.47 Å². The van der Waals surface area contributed by atoms with Crippen LogP contribution in [0, 0.1) is 0 Å². The van der Waals surface area contributed by atoms with E-state index in [1.165, 1.54) is 58.5 Å². The normalized spacial score (nSPS) is 12.5. The first-order valence-electron chi connectivity index (χ1n) is 7.78. The summed E-state index contributed by atoms with van der Waals surface area (Å²) in [6.45, 7) is -0.312. The van der Waals surface area contributed by atoms with Crippen LogP contribution in [-0.2, 0) is 31.4 Å². The molecule has 0 bridgehead atoms. The van der Waals surface area contributed by atoms with Gasteiger partial charge in [-0.2, -0.15) is 0 Å². The lowest BCUT2D eigenvalue weighted by Crippen LogP contribution is -2.23. The fourth-order valence-electron chi connectivity index (χ4n) is 2.00. The molecule has 0 fully saturated rings. The number of halogens is 1. The summed E-state index contributed by atoms with van der Waals surface area (Å²) >= 11 is 3.16. The average molecular weight is 495 g/mol. The van der Waals surface area contributed by atoms with Gasteiger partial charge < -0.3 is 9.15 Å². The van der Waals surface area contributed by atoms with E-state index in [0.717, 1.165) is 8.61 Å². The first-order valence-corrected chi connectivity index (χ1v) is 11.4. The van der Waals surface area contributed by atoms with Gasteiger partial charge in [0.1, 0.15) is 12.4 Å². The molecule has 28 heavy (non-hydrogen) atoms. The summed E-state index contributed by atoms with van der Waals surface area (Å²) in [7, 11) is -2.01. The molecule has 1 aromatic carbocycles. The molecule has 0 saturated heterocycles. The van der Waals surface area contributed by atoms with Crippen LogP contribution in [0.1, 0.15) is 16.1 Å². The summed E-state index contributed by atoms with van der Waals surface area (Å²) in [5, 5.41) is -0.272. The summed E-state index contributed by atoms with van der Waals surface area (Å²) in [5.41, 5.74) is 0.0244. The number of nitrogens with zero attached hydrogens (tertiary/aromatic N) is 2. The molecule has 12 heteroatoms. The lowest BCUT2D eigenvalue weighted by molar-refractivity contribution is 0.0440. The molecule has 0 atom stereocenters. The van der Waals surface area contributed by atoms with Crippen LogP contribution in [-0.4, -0.2) is 59.6 Å². The SMILES string of the molecule is CN(C)S(=O)(=O)c1ccc(COC(=O)c2ccc(Br)c(S(=O)(=O)N(C)C)c2)o1. The second kappa shape index (κ2) is 8.33. The van der Waals surface area contributed by atoms with Crippen molar-refractivity contribution < 1.29 is 30.8 Å². The highest BCUT2D eigenvalue weighted by Gasteiger charge is 2.24. The second-order valence-electron chi connectivity index (χ2n) is 6.02. The monoisotopic (exact) mass is 494 g/mol. The standard InChI is InChI=1S/C16H19BrN2O7S2/c1-18(2)27(21,22)14-9-11(5-7-13(14)17)16(20)25-10-12-6-8-15(26-12)28(23,24)19(3)4/h5-9H,10H2,1-4H3. The van der Waals surface area contributed by atoms with E-state index in [1.54, 1.807) is 0 Å². The third-order valence-electron chi connectivity index (χ3n) is 3.64. The van der Waals surface area contributed by atoms with E-state index in [1.807, 2.05) is 0 Å². The fraction of sp³-hybridized carbons (Fsp3) is 0.312. The topological polar surface area (TPSA) is 114 Å². The number of hydrogen-bond acceptors (Lipinski definition) is 7. The van der Waals surface area contributed by atoms with E-state index >= 15 is 0 Å². The van der Waals surface area contributed by atoms with Gasteiger partial charge in [0.2, 0.25) is 15.1 Å². The van der Waals surface area contributed by atoms with Crippen molar-refractivity contribution in [1.82, 2.24) is 8.61 Å². The molecule has 0 unspecified atom stereocenters. The molecule has 0 amide bonds. The molecule has 0 radical (unpaired) electrons. The summed E-state index contributed by atoms with van der Waals surface area (Å²) in [5.74, 6) is -0.650. The number of furan rings is 1. The number of carbonyl (C=O) groups excluding carboxylic acids is 1. The van der Waals surface area contributed by atoms with Crippen molar-refractivity contribution >= 4 is 41.9 Å². The maximum absolute atomic E-state index is 12.3. The minimum absolute atomic E-state index is 0.0244. The Balaban J connectivity index is 2.18. The molecule has 0 aliphatic rings. The minimum atomic E-state index is -3.76. The highest BCUT2D eigenvalue weighted by atomic mass is 79.9. The number of hydrogen-bond donors (Lipinski definition) is 0. The number of benzene rings is 1. The van der Waals surface area contributed by atoms with Gasteiger partial charge in [-0.05, 0) is 46.3 Å². The number of rotatable bonds is 7. The first kappa shape index (κ1) is 22.6. The Morgan fingerprint density at radius 3 is 2.18 bits per heavy atom. The molecule has 0 aliphatic carbocycles. The summed E-state index contributed by atoms with van der Waals surface area (Å²) < 4.78 is 61.3. The van der Waals surface area contributed by atoms with E-state index in [9.17, 15) is 21.6 Å². The van der Waals surface area contributed by atoms with Crippen LogP contribution in [0.3, 0.4) is 0 Å². The Bertz CT molecular complexity index is 1090. The predicted octanol–water partition coefficient (Wildman–Crippen LogP) is 1.90. The summed E-state index contributed by atoms with van der Waals surface area (Å²) in [6.07, 6.45) is 0. The molecule has 0 spiro atoms. The Kier molecular flexibility index (Phi) is 6.71. The van der Waals surface area contributed by atoms with Crippen LogP contribution >= 0.6 is 15.9 Å². The maximum atomic E-state index is 12.3. The van der Waals surface area contributed by atoms with Crippen LogP contribution < -0.4 is 0 Å². The summed E-state index contributed by atoms with van der Waals surface area (Å²) in [4.78, 5) is 12.2. The molecule has 154 valence electrons. The van der Waals surface area contributed by atoms with Crippen LogP contribution in [0.5, 0.6) is 0 Å². The van der Waals surface area contributed by atoms with Gasteiger partial charge in [0.15, 0.2) is 0 Å². The Hall–Kier alpha value is -1.73. The minimum Gasteiger partial charge on any atom is -0.454 e. The number of ether oxygens (including phenoxy) is 1. The van der Waals surface area contributed by atoms with E-state index < -0.39 is 26.0 Å². The lowest BCUT2D eigenvalue weighted by atomic mass is 10.2. The number of sulfonamides is 2. The molecule has 1 heterocycles. The van der Waals surface area contributed by atoms with Crippen LogP contribution in [0.15, 0.2) is 49.2 Å². The molecular formula is C16H19BrN2O7S2. The maximum Gasteiger partial charge on any atom is 0.338 e. The molecule has 2 aromatic rings. The van der Waals surface area contributed by atoms with Gasteiger partial charge in [-0.1, -0.05) is 0 Å². The zero-order chi connectivity index (χ0) is 21.3. The van der Waals surface area contributed by atoms with E-state index in [4.69, 9.17) is 9.15 Å². The van der Waals surface area contributed by atoms with Gasteiger partial charge in [0.05, 0.1) is 10.5 Å². The van der Waals surface area contributed by atoms with Crippen molar-refractivity contribution in [3.05, 3.63) is 46.1 Å². The van der Waals surface area contributed by atoms with Crippen LogP contribution in [0.25, 0.3) is 0 Å².